The summed E-state index contributed by atoms with van der Waals surface area (Å²) in [6.45, 7) is 0. The second-order valence-corrected chi connectivity index (χ2v) is 9.53. The molecule has 0 saturated carbocycles. The SMILES string of the molecule is CN(C)Sc1cccc(SNC(=O)Nc2c3c(cc4c2CCC4)CCC3)c1. The summed E-state index contributed by atoms with van der Waals surface area (Å²) in [4.78, 5) is 14.8. The normalized spacial score (nSPS) is 14.9. The van der Waals surface area contributed by atoms with Crippen LogP contribution < -0.4 is 10.0 Å². The van der Waals surface area contributed by atoms with Crippen LogP contribution in [0.15, 0.2) is 40.1 Å². The first-order valence-corrected chi connectivity index (χ1v) is 11.0. The largest absolute Gasteiger partial charge is 0.329 e. The average Bonchev–Trinajstić information content (AvgIpc) is 3.28. The van der Waals surface area contributed by atoms with E-state index in [1.807, 2.05) is 26.2 Å². The lowest BCUT2D eigenvalue weighted by Gasteiger charge is -2.16. The van der Waals surface area contributed by atoms with Gasteiger partial charge in [-0.15, -0.1) is 0 Å². The number of anilines is 1. The molecule has 2 amide bonds. The molecule has 0 spiro atoms. The van der Waals surface area contributed by atoms with Crippen LogP contribution >= 0.6 is 23.9 Å². The molecule has 0 bridgehead atoms. The predicted octanol–water partition coefficient (Wildman–Crippen LogP) is 5.06. The molecule has 0 aromatic heterocycles. The maximum Gasteiger partial charge on any atom is 0.329 e. The van der Waals surface area contributed by atoms with E-state index in [-0.39, 0.29) is 6.03 Å². The number of nitrogens with one attached hydrogen (secondary N) is 2. The number of carbonyl (C=O) groups is 1. The molecule has 2 aromatic carbocycles. The van der Waals surface area contributed by atoms with Crippen LogP contribution in [-0.2, 0) is 25.7 Å². The molecule has 2 aliphatic carbocycles. The highest BCUT2D eigenvalue weighted by molar-refractivity contribution is 7.98. The van der Waals surface area contributed by atoms with Gasteiger partial charge in [0.1, 0.15) is 0 Å². The van der Waals surface area contributed by atoms with E-state index in [0.29, 0.717) is 0 Å². The Morgan fingerprint density at radius 2 is 1.63 bits per heavy atom. The summed E-state index contributed by atoms with van der Waals surface area (Å²) in [6, 6.07) is 10.4. The third-order valence-corrected chi connectivity index (χ3v) is 6.67. The van der Waals surface area contributed by atoms with Gasteiger partial charge in [-0.3, -0.25) is 9.03 Å². The maximum absolute atomic E-state index is 12.6. The number of nitrogens with zero attached hydrogens (tertiary/aromatic N) is 1. The first kappa shape index (κ1) is 18.7. The fourth-order valence-corrected chi connectivity index (χ4v) is 5.43. The Morgan fingerprint density at radius 1 is 0.963 bits per heavy atom. The number of carbonyl (C=O) groups excluding carboxylic acids is 1. The van der Waals surface area contributed by atoms with Gasteiger partial charge in [0.05, 0.1) is 0 Å². The zero-order valence-electron chi connectivity index (χ0n) is 15.8. The van der Waals surface area contributed by atoms with Crippen molar-refractivity contribution in [3.8, 4) is 0 Å². The number of hydrogen-bond donors (Lipinski definition) is 2. The van der Waals surface area contributed by atoms with Crippen LogP contribution in [0.1, 0.15) is 35.1 Å². The molecule has 4 nitrogen and oxygen atoms in total. The fourth-order valence-electron chi connectivity index (χ4n) is 4.02. The summed E-state index contributed by atoms with van der Waals surface area (Å²) < 4.78 is 5.01. The van der Waals surface area contributed by atoms with Gasteiger partial charge in [0.2, 0.25) is 0 Å². The van der Waals surface area contributed by atoms with Crippen LogP contribution in [0.25, 0.3) is 0 Å². The molecule has 0 radical (unpaired) electrons. The van der Waals surface area contributed by atoms with Crippen LogP contribution in [0.4, 0.5) is 10.5 Å². The second kappa shape index (κ2) is 8.17. The molecule has 2 N–H and O–H groups in total. The summed E-state index contributed by atoms with van der Waals surface area (Å²) in [5.74, 6) is 0. The highest BCUT2D eigenvalue weighted by Crippen LogP contribution is 2.38. The lowest BCUT2D eigenvalue weighted by molar-refractivity contribution is 0.257. The van der Waals surface area contributed by atoms with E-state index >= 15 is 0 Å². The monoisotopic (exact) mass is 399 g/mol. The Kier molecular flexibility index (Phi) is 5.66. The molecule has 142 valence electrons. The molecule has 4 rings (SSSR count). The Labute approximate surface area is 169 Å². The van der Waals surface area contributed by atoms with Gasteiger partial charge in [-0.1, -0.05) is 12.1 Å². The zero-order chi connectivity index (χ0) is 18.8. The summed E-state index contributed by atoms with van der Waals surface area (Å²) in [5, 5.41) is 3.18. The number of aryl methyl sites for hydroxylation is 2. The zero-order valence-corrected chi connectivity index (χ0v) is 17.4. The number of rotatable bonds is 5. The van der Waals surface area contributed by atoms with Crippen molar-refractivity contribution in [3.05, 3.63) is 52.6 Å². The third kappa shape index (κ3) is 4.28. The van der Waals surface area contributed by atoms with Crippen molar-refractivity contribution in [3.63, 3.8) is 0 Å². The molecule has 0 aliphatic heterocycles. The summed E-state index contributed by atoms with van der Waals surface area (Å²) in [5.41, 5.74) is 6.69. The molecule has 2 aliphatic rings. The molecule has 0 atom stereocenters. The average molecular weight is 400 g/mol. The number of fused-ring (bicyclic) bond motifs is 2. The molecular weight excluding hydrogens is 374 g/mol. The van der Waals surface area contributed by atoms with E-state index in [4.69, 9.17) is 0 Å². The molecule has 0 fully saturated rings. The van der Waals surface area contributed by atoms with Gasteiger partial charge < -0.3 is 5.32 Å². The van der Waals surface area contributed by atoms with Gasteiger partial charge in [0, 0.05) is 15.5 Å². The Hall–Kier alpha value is -1.63. The van der Waals surface area contributed by atoms with Gasteiger partial charge >= 0.3 is 6.03 Å². The summed E-state index contributed by atoms with van der Waals surface area (Å²) >= 11 is 3.03. The molecule has 0 heterocycles. The minimum absolute atomic E-state index is 0.139. The smallest absolute Gasteiger partial charge is 0.307 e. The van der Waals surface area contributed by atoms with Gasteiger partial charge in [0.25, 0.3) is 0 Å². The van der Waals surface area contributed by atoms with Crippen LogP contribution in [0.3, 0.4) is 0 Å². The van der Waals surface area contributed by atoms with Crippen molar-refractivity contribution in [1.29, 1.82) is 0 Å². The quantitative estimate of drug-likeness (QED) is 0.690. The second-order valence-electron chi connectivity index (χ2n) is 7.27. The standard InChI is InChI=1S/C21H25N3OS2/c1-24(2)27-17-9-5-8-16(13-17)26-23-21(25)22-20-18-10-3-6-14(18)12-15-7-4-11-19(15)20/h5,8-9,12-13H,3-4,6-7,10-11H2,1-2H3,(H2,22,23,25). The minimum Gasteiger partial charge on any atom is -0.307 e. The number of benzene rings is 2. The number of amides is 2. The first-order valence-electron chi connectivity index (χ1n) is 9.46. The molecule has 0 saturated heterocycles. The topological polar surface area (TPSA) is 44.4 Å². The van der Waals surface area contributed by atoms with E-state index in [1.165, 1.54) is 47.0 Å². The van der Waals surface area contributed by atoms with E-state index < -0.39 is 0 Å². The van der Waals surface area contributed by atoms with Gasteiger partial charge in [0.15, 0.2) is 0 Å². The van der Waals surface area contributed by atoms with E-state index in [0.717, 1.165) is 41.2 Å². The maximum atomic E-state index is 12.6. The van der Waals surface area contributed by atoms with Crippen LogP contribution in [0.5, 0.6) is 0 Å². The fraction of sp³-hybridized carbons (Fsp3) is 0.381. The Morgan fingerprint density at radius 3 is 2.30 bits per heavy atom. The highest BCUT2D eigenvalue weighted by atomic mass is 32.2. The number of hydrogen-bond acceptors (Lipinski definition) is 4. The van der Waals surface area contributed by atoms with Gasteiger partial charge in [-0.25, -0.2) is 4.79 Å². The van der Waals surface area contributed by atoms with Crippen molar-refractivity contribution < 1.29 is 4.79 Å². The van der Waals surface area contributed by atoms with E-state index in [1.54, 1.807) is 11.9 Å². The van der Waals surface area contributed by atoms with Crippen molar-refractivity contribution in [1.82, 2.24) is 9.03 Å². The lowest BCUT2D eigenvalue weighted by atomic mass is 9.99. The van der Waals surface area contributed by atoms with Gasteiger partial charge in [-0.2, -0.15) is 0 Å². The minimum atomic E-state index is -0.139. The lowest BCUT2D eigenvalue weighted by Crippen LogP contribution is -2.24. The van der Waals surface area contributed by atoms with Gasteiger partial charge in [-0.05, 0) is 117 Å². The van der Waals surface area contributed by atoms with Crippen molar-refractivity contribution in [2.45, 2.75) is 48.3 Å². The van der Waals surface area contributed by atoms with E-state index in [2.05, 4.69) is 32.5 Å². The molecule has 27 heavy (non-hydrogen) atoms. The van der Waals surface area contributed by atoms with Crippen molar-refractivity contribution in [2.24, 2.45) is 0 Å². The van der Waals surface area contributed by atoms with Crippen LogP contribution in [0, 0.1) is 0 Å². The highest BCUT2D eigenvalue weighted by Gasteiger charge is 2.24. The Bertz CT molecular complexity index is 834. The predicted molar refractivity (Wildman–Crippen MR) is 114 cm³/mol. The molecule has 0 unspecified atom stereocenters. The summed E-state index contributed by atoms with van der Waals surface area (Å²) in [7, 11) is 4.04. The first-order chi connectivity index (χ1) is 13.1. The van der Waals surface area contributed by atoms with Crippen molar-refractivity contribution >= 4 is 35.6 Å². The van der Waals surface area contributed by atoms with Crippen LogP contribution in [0.2, 0.25) is 0 Å². The Balaban J connectivity index is 1.44. The molecular formula is C21H25N3OS2. The van der Waals surface area contributed by atoms with Crippen LogP contribution in [-0.4, -0.2) is 24.4 Å². The van der Waals surface area contributed by atoms with Crippen molar-refractivity contribution in [2.75, 3.05) is 19.4 Å². The van der Waals surface area contributed by atoms with E-state index in [9.17, 15) is 4.79 Å². The third-order valence-electron chi connectivity index (χ3n) is 5.07. The summed E-state index contributed by atoms with van der Waals surface area (Å²) in [6.07, 6.45) is 6.83. The number of urea groups is 1. The molecule has 2 aromatic rings. The molecule has 6 heteroatoms.